The van der Waals surface area contributed by atoms with E-state index in [0.717, 1.165) is 12.1 Å². The van der Waals surface area contributed by atoms with Crippen LogP contribution in [0.3, 0.4) is 0 Å². The van der Waals surface area contributed by atoms with Crippen LogP contribution in [0, 0.1) is 5.82 Å². The maximum atomic E-state index is 13.0. The number of carbonyl (C=O) groups excluding carboxylic acids is 1. The highest BCUT2D eigenvalue weighted by molar-refractivity contribution is 7.89. The Balaban J connectivity index is 1.54. The standard InChI is InChI=1S/C22H21FN2O4S/c23-19-10-12-20(13-11-19)30(28,29)25-14-16-6-8-18(9-7-16)22(27)24-15-21(26)17-4-2-1-3-5-17/h1-13,21,25-26H,14-15H2,(H,24,27)/t21-/m0/s1. The van der Waals surface area contributed by atoms with Crippen LogP contribution in [-0.4, -0.2) is 26.0 Å². The maximum absolute atomic E-state index is 13.0. The molecule has 0 aliphatic carbocycles. The van der Waals surface area contributed by atoms with E-state index in [1.807, 2.05) is 18.2 Å². The van der Waals surface area contributed by atoms with Crippen LogP contribution >= 0.6 is 0 Å². The summed E-state index contributed by atoms with van der Waals surface area (Å²) in [6, 6.07) is 20.0. The number of hydrogen-bond acceptors (Lipinski definition) is 4. The van der Waals surface area contributed by atoms with Gasteiger partial charge in [-0.05, 0) is 47.5 Å². The maximum Gasteiger partial charge on any atom is 0.251 e. The van der Waals surface area contributed by atoms with Gasteiger partial charge in [0.25, 0.3) is 5.91 Å². The molecule has 0 saturated heterocycles. The molecule has 3 N–H and O–H groups in total. The Bertz CT molecular complexity index is 1090. The molecule has 0 spiro atoms. The minimum Gasteiger partial charge on any atom is -0.387 e. The van der Waals surface area contributed by atoms with Gasteiger partial charge in [-0.2, -0.15) is 0 Å². The van der Waals surface area contributed by atoms with Crippen LogP contribution in [0.15, 0.2) is 83.8 Å². The number of rotatable bonds is 8. The van der Waals surface area contributed by atoms with E-state index in [1.54, 1.807) is 36.4 Å². The molecule has 0 bridgehead atoms. The molecule has 0 saturated carbocycles. The van der Waals surface area contributed by atoms with Crippen molar-refractivity contribution in [3.63, 3.8) is 0 Å². The third-order valence-electron chi connectivity index (χ3n) is 4.45. The van der Waals surface area contributed by atoms with Gasteiger partial charge >= 0.3 is 0 Å². The van der Waals surface area contributed by atoms with E-state index >= 15 is 0 Å². The van der Waals surface area contributed by atoms with Crippen LogP contribution < -0.4 is 10.0 Å². The van der Waals surface area contributed by atoms with Gasteiger partial charge in [-0.1, -0.05) is 42.5 Å². The first kappa shape index (κ1) is 21.6. The minimum absolute atomic E-state index is 0.0222. The van der Waals surface area contributed by atoms with Gasteiger partial charge in [-0.15, -0.1) is 0 Å². The molecule has 156 valence electrons. The van der Waals surface area contributed by atoms with Gasteiger partial charge in [0, 0.05) is 18.7 Å². The summed E-state index contributed by atoms with van der Waals surface area (Å²) >= 11 is 0. The lowest BCUT2D eigenvalue weighted by atomic mass is 10.1. The van der Waals surface area contributed by atoms with E-state index in [4.69, 9.17) is 0 Å². The van der Waals surface area contributed by atoms with Crippen LogP contribution in [0.2, 0.25) is 0 Å². The van der Waals surface area contributed by atoms with Gasteiger partial charge in [0.05, 0.1) is 11.0 Å². The molecule has 3 aromatic carbocycles. The van der Waals surface area contributed by atoms with Gasteiger partial charge in [0.15, 0.2) is 0 Å². The van der Waals surface area contributed by atoms with E-state index in [0.29, 0.717) is 16.7 Å². The third-order valence-corrected chi connectivity index (χ3v) is 5.86. The first-order chi connectivity index (χ1) is 14.3. The Morgan fingerprint density at radius 1 is 0.933 bits per heavy atom. The average molecular weight is 428 g/mol. The molecule has 3 aromatic rings. The zero-order valence-corrected chi connectivity index (χ0v) is 16.8. The summed E-state index contributed by atoms with van der Waals surface area (Å²) in [6.45, 7) is 0.0936. The second-order valence-corrected chi connectivity index (χ2v) is 8.38. The SMILES string of the molecule is O=C(NC[C@H](O)c1ccccc1)c1ccc(CNS(=O)(=O)c2ccc(F)cc2)cc1. The molecule has 1 atom stereocenters. The molecule has 6 nitrogen and oxygen atoms in total. The number of aliphatic hydroxyl groups is 1. The monoisotopic (exact) mass is 428 g/mol. The molecule has 0 heterocycles. The predicted octanol–water partition coefficient (Wildman–Crippen LogP) is 2.77. The Kier molecular flexibility index (Phi) is 6.94. The summed E-state index contributed by atoms with van der Waals surface area (Å²) in [6.07, 6.45) is -0.810. The quantitative estimate of drug-likeness (QED) is 0.514. The van der Waals surface area contributed by atoms with Crippen molar-refractivity contribution in [2.24, 2.45) is 0 Å². The van der Waals surface area contributed by atoms with E-state index in [2.05, 4.69) is 10.0 Å². The lowest BCUT2D eigenvalue weighted by Gasteiger charge is -2.12. The highest BCUT2D eigenvalue weighted by Gasteiger charge is 2.14. The van der Waals surface area contributed by atoms with E-state index in [1.165, 1.54) is 12.1 Å². The van der Waals surface area contributed by atoms with Crippen molar-refractivity contribution in [1.29, 1.82) is 0 Å². The summed E-state index contributed by atoms with van der Waals surface area (Å²) in [5.41, 5.74) is 1.75. The minimum atomic E-state index is -3.77. The highest BCUT2D eigenvalue weighted by Crippen LogP contribution is 2.13. The molecule has 0 aliphatic rings. The van der Waals surface area contributed by atoms with Crippen molar-refractivity contribution in [2.75, 3.05) is 6.54 Å². The van der Waals surface area contributed by atoms with Gasteiger partial charge in [0.1, 0.15) is 5.82 Å². The molecule has 0 fully saturated rings. The van der Waals surface area contributed by atoms with E-state index in [-0.39, 0.29) is 23.9 Å². The predicted molar refractivity (Wildman–Crippen MR) is 111 cm³/mol. The molecular weight excluding hydrogens is 407 g/mol. The third kappa shape index (κ3) is 5.73. The molecule has 8 heteroatoms. The van der Waals surface area contributed by atoms with Crippen LogP contribution in [0.25, 0.3) is 0 Å². The van der Waals surface area contributed by atoms with Gasteiger partial charge in [0.2, 0.25) is 10.0 Å². The van der Waals surface area contributed by atoms with Crippen LogP contribution in [0.4, 0.5) is 4.39 Å². The fourth-order valence-corrected chi connectivity index (χ4v) is 3.75. The number of carbonyl (C=O) groups is 1. The number of sulfonamides is 1. The number of amides is 1. The first-order valence-electron chi connectivity index (χ1n) is 9.20. The molecule has 0 radical (unpaired) electrons. The smallest absolute Gasteiger partial charge is 0.251 e. The molecule has 0 unspecified atom stereocenters. The summed E-state index contributed by atoms with van der Waals surface area (Å²) in [5, 5.41) is 12.8. The summed E-state index contributed by atoms with van der Waals surface area (Å²) < 4.78 is 39.9. The Labute approximate surface area is 174 Å². The second kappa shape index (κ2) is 9.62. The van der Waals surface area contributed by atoms with Crippen molar-refractivity contribution in [2.45, 2.75) is 17.5 Å². The summed E-state index contributed by atoms with van der Waals surface area (Å²) in [5.74, 6) is -0.859. The average Bonchev–Trinajstić information content (AvgIpc) is 2.77. The van der Waals surface area contributed by atoms with Crippen LogP contribution in [0.1, 0.15) is 27.6 Å². The van der Waals surface area contributed by atoms with Crippen molar-refractivity contribution < 1.29 is 22.7 Å². The van der Waals surface area contributed by atoms with Crippen molar-refractivity contribution in [3.05, 3.63) is 101 Å². The summed E-state index contributed by atoms with van der Waals surface area (Å²) in [4.78, 5) is 12.2. The molecule has 0 aromatic heterocycles. The van der Waals surface area contributed by atoms with Gasteiger partial charge < -0.3 is 10.4 Å². The van der Waals surface area contributed by atoms with Crippen LogP contribution in [0.5, 0.6) is 0 Å². The van der Waals surface area contributed by atoms with Gasteiger partial charge in [-0.25, -0.2) is 17.5 Å². The molecule has 1 amide bonds. The number of benzene rings is 3. The largest absolute Gasteiger partial charge is 0.387 e. The number of nitrogens with one attached hydrogen (secondary N) is 2. The van der Waals surface area contributed by atoms with Crippen molar-refractivity contribution in [1.82, 2.24) is 10.0 Å². The topological polar surface area (TPSA) is 95.5 Å². The number of halogens is 1. The second-order valence-electron chi connectivity index (χ2n) is 6.61. The number of hydrogen-bond donors (Lipinski definition) is 3. The van der Waals surface area contributed by atoms with Crippen LogP contribution in [-0.2, 0) is 16.6 Å². The summed E-state index contributed by atoms with van der Waals surface area (Å²) in [7, 11) is -3.77. The fourth-order valence-electron chi connectivity index (χ4n) is 2.73. The van der Waals surface area contributed by atoms with Gasteiger partial charge in [-0.3, -0.25) is 4.79 Å². The Hall–Kier alpha value is -3.07. The van der Waals surface area contributed by atoms with Crippen molar-refractivity contribution >= 4 is 15.9 Å². The van der Waals surface area contributed by atoms with E-state index < -0.39 is 21.9 Å². The molecular formula is C22H21FN2O4S. The van der Waals surface area contributed by atoms with E-state index in [9.17, 15) is 22.7 Å². The normalized spacial score (nSPS) is 12.3. The molecule has 3 rings (SSSR count). The highest BCUT2D eigenvalue weighted by atomic mass is 32.2. The lowest BCUT2D eigenvalue weighted by molar-refractivity contribution is 0.0916. The fraction of sp³-hybridized carbons (Fsp3) is 0.136. The van der Waals surface area contributed by atoms with Crippen molar-refractivity contribution in [3.8, 4) is 0 Å². The molecule has 0 aliphatic heterocycles. The molecule has 30 heavy (non-hydrogen) atoms. The first-order valence-corrected chi connectivity index (χ1v) is 10.7. The zero-order valence-electron chi connectivity index (χ0n) is 16.0. The Morgan fingerprint density at radius 3 is 2.20 bits per heavy atom. The number of aliphatic hydroxyl groups excluding tert-OH is 1. The Morgan fingerprint density at radius 2 is 1.57 bits per heavy atom. The zero-order chi connectivity index (χ0) is 21.6. The lowest BCUT2D eigenvalue weighted by Crippen LogP contribution is -2.28.